The molecule has 0 unspecified atom stereocenters. The van der Waals surface area contributed by atoms with Crippen molar-refractivity contribution in [2.75, 3.05) is 14.1 Å². The van der Waals surface area contributed by atoms with Gasteiger partial charge in [-0.2, -0.15) is 0 Å². The molecule has 98 valence electrons. The standard InChI is InChI=1S/C17H20N2/c1-13-8-10-15(11-9-13)17(19(3)4)18-16-7-5-6-14(2)12-16/h5-12H,1-4H3. The molecule has 2 rings (SSSR count). The highest BCUT2D eigenvalue weighted by Crippen LogP contribution is 2.16. The van der Waals surface area contributed by atoms with Gasteiger partial charge in [-0.3, -0.25) is 0 Å². The summed E-state index contributed by atoms with van der Waals surface area (Å²) in [5.41, 5.74) is 4.61. The number of benzene rings is 2. The molecule has 19 heavy (non-hydrogen) atoms. The normalized spacial score (nSPS) is 11.5. The van der Waals surface area contributed by atoms with Crippen LogP contribution in [0.2, 0.25) is 0 Å². The molecule has 0 atom stereocenters. The molecule has 0 heterocycles. The van der Waals surface area contributed by atoms with Crippen molar-refractivity contribution in [2.45, 2.75) is 13.8 Å². The smallest absolute Gasteiger partial charge is 0.136 e. The molecule has 2 nitrogen and oxygen atoms in total. The fourth-order valence-corrected chi connectivity index (χ4v) is 1.95. The zero-order valence-corrected chi connectivity index (χ0v) is 12.0. The minimum absolute atomic E-state index is 0.977. The van der Waals surface area contributed by atoms with Gasteiger partial charge in [-0.15, -0.1) is 0 Å². The number of hydrogen-bond donors (Lipinski definition) is 0. The third-order valence-electron chi connectivity index (χ3n) is 2.97. The van der Waals surface area contributed by atoms with Gasteiger partial charge in [0.25, 0.3) is 0 Å². The topological polar surface area (TPSA) is 15.6 Å². The van der Waals surface area contributed by atoms with Crippen LogP contribution in [-0.4, -0.2) is 24.8 Å². The average molecular weight is 252 g/mol. The molecule has 0 saturated heterocycles. The first kappa shape index (κ1) is 13.3. The molecule has 2 aromatic carbocycles. The Morgan fingerprint density at radius 1 is 0.895 bits per heavy atom. The first-order chi connectivity index (χ1) is 9.06. The van der Waals surface area contributed by atoms with Crippen LogP contribution in [0.4, 0.5) is 5.69 Å². The van der Waals surface area contributed by atoms with Crippen molar-refractivity contribution >= 4 is 11.5 Å². The van der Waals surface area contributed by atoms with Crippen molar-refractivity contribution < 1.29 is 0 Å². The highest BCUT2D eigenvalue weighted by molar-refractivity contribution is 6.00. The van der Waals surface area contributed by atoms with Crippen LogP contribution in [-0.2, 0) is 0 Å². The summed E-state index contributed by atoms with van der Waals surface area (Å²) in [4.78, 5) is 6.81. The van der Waals surface area contributed by atoms with E-state index < -0.39 is 0 Å². The third kappa shape index (κ3) is 3.44. The molecule has 0 aliphatic heterocycles. The Morgan fingerprint density at radius 2 is 1.58 bits per heavy atom. The Balaban J connectivity index is 2.43. The van der Waals surface area contributed by atoms with E-state index in [1.165, 1.54) is 11.1 Å². The van der Waals surface area contributed by atoms with Crippen LogP contribution in [0.5, 0.6) is 0 Å². The largest absolute Gasteiger partial charge is 0.362 e. The Hall–Kier alpha value is -2.09. The molecular weight excluding hydrogens is 232 g/mol. The lowest BCUT2D eigenvalue weighted by Gasteiger charge is -2.16. The monoisotopic (exact) mass is 252 g/mol. The SMILES string of the molecule is Cc1ccc(C(=Nc2cccc(C)c2)N(C)C)cc1. The minimum Gasteiger partial charge on any atom is -0.362 e. The van der Waals surface area contributed by atoms with E-state index in [-0.39, 0.29) is 0 Å². The second-order valence-corrected chi connectivity index (χ2v) is 5.03. The van der Waals surface area contributed by atoms with Gasteiger partial charge in [0, 0.05) is 19.7 Å². The lowest BCUT2D eigenvalue weighted by atomic mass is 10.1. The van der Waals surface area contributed by atoms with E-state index in [2.05, 4.69) is 50.2 Å². The third-order valence-corrected chi connectivity index (χ3v) is 2.97. The highest BCUT2D eigenvalue weighted by atomic mass is 15.1. The van der Waals surface area contributed by atoms with Gasteiger partial charge in [0.15, 0.2) is 0 Å². The number of nitrogens with zero attached hydrogens (tertiary/aromatic N) is 2. The first-order valence-electron chi connectivity index (χ1n) is 6.46. The second-order valence-electron chi connectivity index (χ2n) is 5.03. The van der Waals surface area contributed by atoms with Crippen molar-refractivity contribution in [1.29, 1.82) is 0 Å². The molecule has 0 N–H and O–H groups in total. The molecule has 0 fully saturated rings. The van der Waals surface area contributed by atoms with Gasteiger partial charge in [0.05, 0.1) is 5.69 Å². The lowest BCUT2D eigenvalue weighted by molar-refractivity contribution is 0.624. The average Bonchev–Trinajstić information content (AvgIpc) is 2.37. The van der Waals surface area contributed by atoms with Gasteiger partial charge in [-0.1, -0.05) is 42.0 Å². The van der Waals surface area contributed by atoms with Crippen LogP contribution in [0.25, 0.3) is 0 Å². The van der Waals surface area contributed by atoms with Crippen molar-refractivity contribution in [3.63, 3.8) is 0 Å². The van der Waals surface area contributed by atoms with Crippen molar-refractivity contribution in [3.8, 4) is 0 Å². The molecule has 0 amide bonds. The number of aryl methyl sites for hydroxylation is 2. The first-order valence-corrected chi connectivity index (χ1v) is 6.46. The van der Waals surface area contributed by atoms with E-state index in [0.29, 0.717) is 0 Å². The van der Waals surface area contributed by atoms with Crippen molar-refractivity contribution in [1.82, 2.24) is 4.90 Å². The van der Waals surface area contributed by atoms with Crippen LogP contribution < -0.4 is 0 Å². The number of hydrogen-bond acceptors (Lipinski definition) is 1. The maximum Gasteiger partial charge on any atom is 0.136 e. The van der Waals surface area contributed by atoms with Gasteiger partial charge in [-0.25, -0.2) is 4.99 Å². The summed E-state index contributed by atoms with van der Waals surface area (Å²) in [6, 6.07) is 16.7. The van der Waals surface area contributed by atoms with Gasteiger partial charge in [-0.05, 0) is 31.5 Å². The maximum absolute atomic E-state index is 4.76. The zero-order valence-electron chi connectivity index (χ0n) is 12.0. The van der Waals surface area contributed by atoms with Crippen LogP contribution in [0.3, 0.4) is 0 Å². The fraction of sp³-hybridized carbons (Fsp3) is 0.235. The molecule has 2 aromatic rings. The summed E-state index contributed by atoms with van der Waals surface area (Å²) in [6.07, 6.45) is 0. The molecule has 2 heteroatoms. The summed E-state index contributed by atoms with van der Waals surface area (Å²) in [5.74, 6) is 0.977. The van der Waals surface area contributed by atoms with E-state index in [1.807, 2.05) is 31.1 Å². The van der Waals surface area contributed by atoms with Crippen molar-refractivity contribution in [3.05, 3.63) is 65.2 Å². The molecule has 0 radical (unpaired) electrons. The lowest BCUT2D eigenvalue weighted by Crippen LogP contribution is -2.22. The van der Waals surface area contributed by atoms with E-state index in [0.717, 1.165) is 17.1 Å². The van der Waals surface area contributed by atoms with Crippen LogP contribution >= 0.6 is 0 Å². The van der Waals surface area contributed by atoms with E-state index >= 15 is 0 Å². The maximum atomic E-state index is 4.76. The summed E-state index contributed by atoms with van der Waals surface area (Å²) in [5, 5.41) is 0. The molecule has 0 aliphatic rings. The van der Waals surface area contributed by atoms with Crippen molar-refractivity contribution in [2.24, 2.45) is 4.99 Å². The van der Waals surface area contributed by atoms with E-state index in [9.17, 15) is 0 Å². The summed E-state index contributed by atoms with van der Waals surface area (Å²) < 4.78 is 0. The summed E-state index contributed by atoms with van der Waals surface area (Å²) >= 11 is 0. The Bertz CT molecular complexity index is 580. The van der Waals surface area contributed by atoms with Gasteiger partial charge in [0.2, 0.25) is 0 Å². The summed E-state index contributed by atoms with van der Waals surface area (Å²) in [6.45, 7) is 4.18. The molecule has 0 bridgehead atoms. The van der Waals surface area contributed by atoms with Crippen LogP contribution in [0.15, 0.2) is 53.5 Å². The zero-order chi connectivity index (χ0) is 13.8. The second kappa shape index (κ2) is 5.70. The van der Waals surface area contributed by atoms with Gasteiger partial charge >= 0.3 is 0 Å². The Morgan fingerprint density at radius 3 is 2.16 bits per heavy atom. The van der Waals surface area contributed by atoms with Crippen LogP contribution in [0.1, 0.15) is 16.7 Å². The summed E-state index contributed by atoms with van der Waals surface area (Å²) in [7, 11) is 4.04. The molecular formula is C17H20N2. The highest BCUT2D eigenvalue weighted by Gasteiger charge is 2.06. The quantitative estimate of drug-likeness (QED) is 0.584. The van der Waals surface area contributed by atoms with E-state index in [1.54, 1.807) is 0 Å². The predicted octanol–water partition coefficient (Wildman–Crippen LogP) is 3.94. The molecule has 0 aromatic heterocycles. The van der Waals surface area contributed by atoms with E-state index in [4.69, 9.17) is 4.99 Å². The fourth-order valence-electron chi connectivity index (χ4n) is 1.95. The van der Waals surface area contributed by atoms with Crippen LogP contribution in [0, 0.1) is 13.8 Å². The number of rotatable bonds is 2. The molecule has 0 spiro atoms. The Labute approximate surface area is 115 Å². The number of amidine groups is 1. The number of aliphatic imine (C=N–C) groups is 1. The predicted molar refractivity (Wildman–Crippen MR) is 82.2 cm³/mol. The minimum atomic E-state index is 0.977. The Kier molecular flexibility index (Phi) is 4.00. The molecule has 0 saturated carbocycles. The van der Waals surface area contributed by atoms with Gasteiger partial charge < -0.3 is 4.90 Å². The molecule has 0 aliphatic carbocycles. The van der Waals surface area contributed by atoms with Gasteiger partial charge in [0.1, 0.15) is 5.84 Å².